The van der Waals surface area contributed by atoms with E-state index in [1.807, 2.05) is 6.92 Å². The monoisotopic (exact) mass is 243 g/mol. The summed E-state index contributed by atoms with van der Waals surface area (Å²) in [4.78, 5) is 6.63. The van der Waals surface area contributed by atoms with Crippen LogP contribution < -0.4 is 5.73 Å². The van der Waals surface area contributed by atoms with Crippen LogP contribution in [0.5, 0.6) is 0 Å². The van der Waals surface area contributed by atoms with Crippen LogP contribution in [-0.2, 0) is 11.3 Å². The van der Waals surface area contributed by atoms with Gasteiger partial charge in [0.1, 0.15) is 0 Å². The molecule has 0 amide bonds. The molecule has 2 N–H and O–H groups in total. The zero-order chi connectivity index (χ0) is 12.0. The van der Waals surface area contributed by atoms with Crippen LogP contribution in [0.4, 0.5) is 0 Å². The van der Waals surface area contributed by atoms with Crippen LogP contribution >= 0.6 is 11.3 Å². The number of nitrogens with two attached hydrogens (primary N) is 1. The molecule has 0 aliphatic carbocycles. The summed E-state index contributed by atoms with van der Waals surface area (Å²) >= 11 is 1.69. The third-order valence-corrected chi connectivity index (χ3v) is 3.16. The van der Waals surface area contributed by atoms with Crippen molar-refractivity contribution in [1.82, 2.24) is 9.88 Å². The Morgan fingerprint density at radius 1 is 1.62 bits per heavy atom. The molecule has 1 heterocycles. The van der Waals surface area contributed by atoms with Crippen LogP contribution in [-0.4, -0.2) is 43.2 Å². The van der Waals surface area contributed by atoms with Gasteiger partial charge in [-0.1, -0.05) is 0 Å². The van der Waals surface area contributed by atoms with Gasteiger partial charge in [0.25, 0.3) is 0 Å². The quantitative estimate of drug-likeness (QED) is 0.783. The average Bonchev–Trinajstić information content (AvgIpc) is 2.60. The van der Waals surface area contributed by atoms with Gasteiger partial charge in [-0.25, -0.2) is 4.98 Å². The van der Waals surface area contributed by atoms with Crippen molar-refractivity contribution in [1.29, 1.82) is 0 Å². The molecule has 1 atom stereocenters. The molecule has 0 spiro atoms. The van der Waals surface area contributed by atoms with Gasteiger partial charge in [0.2, 0.25) is 0 Å². The summed E-state index contributed by atoms with van der Waals surface area (Å²) in [5.74, 6) is 0. The number of thiazole rings is 1. The maximum absolute atomic E-state index is 5.98. The molecule has 0 fully saturated rings. The van der Waals surface area contributed by atoms with E-state index in [-0.39, 0.29) is 6.04 Å². The summed E-state index contributed by atoms with van der Waals surface area (Å²) in [5.41, 5.74) is 7.11. The van der Waals surface area contributed by atoms with Gasteiger partial charge in [-0.2, -0.15) is 0 Å². The lowest BCUT2D eigenvalue weighted by atomic mass is 10.2. The van der Waals surface area contributed by atoms with Crippen LogP contribution in [0.15, 0.2) is 5.38 Å². The molecule has 4 nitrogen and oxygen atoms in total. The zero-order valence-corrected chi connectivity index (χ0v) is 11.1. The lowest BCUT2D eigenvalue weighted by Gasteiger charge is -2.20. The molecule has 0 saturated heterocycles. The fourth-order valence-electron chi connectivity index (χ4n) is 1.58. The second-order valence-corrected chi connectivity index (χ2v) is 5.16. The van der Waals surface area contributed by atoms with Crippen LogP contribution in [0.2, 0.25) is 0 Å². The molecule has 16 heavy (non-hydrogen) atoms. The van der Waals surface area contributed by atoms with Crippen molar-refractivity contribution < 1.29 is 4.74 Å². The first-order chi connectivity index (χ1) is 7.61. The Bertz CT molecular complexity index is 303. The number of aryl methyl sites for hydroxylation is 1. The van der Waals surface area contributed by atoms with E-state index in [9.17, 15) is 0 Å². The molecule has 5 heteroatoms. The molecule has 0 bridgehead atoms. The number of rotatable bonds is 7. The summed E-state index contributed by atoms with van der Waals surface area (Å²) in [6.45, 7) is 4.49. The van der Waals surface area contributed by atoms with Crippen LogP contribution in [0.3, 0.4) is 0 Å². The lowest BCUT2D eigenvalue weighted by molar-refractivity contribution is 0.178. The first-order valence-corrected chi connectivity index (χ1v) is 6.34. The molecule has 0 aliphatic rings. The number of hydrogen-bond acceptors (Lipinski definition) is 5. The third kappa shape index (κ3) is 5.03. The van der Waals surface area contributed by atoms with E-state index in [1.165, 1.54) is 0 Å². The van der Waals surface area contributed by atoms with Gasteiger partial charge in [-0.3, -0.25) is 4.90 Å². The van der Waals surface area contributed by atoms with Crippen molar-refractivity contribution in [3.05, 3.63) is 16.1 Å². The highest BCUT2D eigenvalue weighted by molar-refractivity contribution is 7.09. The SMILES string of the molecule is COCCC(N)CN(C)Cc1csc(C)n1. The van der Waals surface area contributed by atoms with E-state index in [0.717, 1.165) is 36.8 Å². The zero-order valence-electron chi connectivity index (χ0n) is 10.3. The van der Waals surface area contributed by atoms with E-state index < -0.39 is 0 Å². The number of nitrogens with zero attached hydrogens (tertiary/aromatic N) is 2. The second-order valence-electron chi connectivity index (χ2n) is 4.10. The summed E-state index contributed by atoms with van der Waals surface area (Å²) in [5, 5.41) is 3.22. The largest absolute Gasteiger partial charge is 0.385 e. The van der Waals surface area contributed by atoms with E-state index in [0.29, 0.717) is 0 Å². The van der Waals surface area contributed by atoms with Gasteiger partial charge in [0.15, 0.2) is 0 Å². The molecular weight excluding hydrogens is 222 g/mol. The van der Waals surface area contributed by atoms with Crippen molar-refractivity contribution in [2.75, 3.05) is 27.3 Å². The normalized spacial score (nSPS) is 13.3. The van der Waals surface area contributed by atoms with Crippen molar-refractivity contribution in [2.45, 2.75) is 25.9 Å². The maximum Gasteiger partial charge on any atom is 0.0897 e. The van der Waals surface area contributed by atoms with Gasteiger partial charge in [-0.05, 0) is 20.4 Å². The summed E-state index contributed by atoms with van der Waals surface area (Å²) in [7, 11) is 3.77. The van der Waals surface area contributed by atoms with Crippen molar-refractivity contribution >= 4 is 11.3 Å². The first kappa shape index (κ1) is 13.6. The fraction of sp³-hybridized carbons (Fsp3) is 0.727. The first-order valence-electron chi connectivity index (χ1n) is 5.46. The number of ether oxygens (including phenoxy) is 1. The third-order valence-electron chi connectivity index (χ3n) is 2.34. The van der Waals surface area contributed by atoms with Crippen LogP contribution in [0.25, 0.3) is 0 Å². The number of methoxy groups -OCH3 is 1. The predicted octanol–water partition coefficient (Wildman–Crippen LogP) is 1.25. The lowest BCUT2D eigenvalue weighted by Crippen LogP contribution is -2.35. The van der Waals surface area contributed by atoms with Gasteiger partial charge in [-0.15, -0.1) is 11.3 Å². The summed E-state index contributed by atoms with van der Waals surface area (Å²) in [6, 6.07) is 0.171. The van der Waals surface area contributed by atoms with Crippen LogP contribution in [0.1, 0.15) is 17.1 Å². The molecule has 0 aromatic carbocycles. The highest BCUT2D eigenvalue weighted by Gasteiger charge is 2.08. The number of aromatic nitrogens is 1. The minimum absolute atomic E-state index is 0.171. The molecular formula is C11H21N3OS. The van der Waals surface area contributed by atoms with E-state index in [1.54, 1.807) is 18.4 Å². The Hall–Kier alpha value is -0.490. The van der Waals surface area contributed by atoms with E-state index in [2.05, 4.69) is 22.3 Å². The predicted molar refractivity (Wildman–Crippen MR) is 67.7 cm³/mol. The number of hydrogen-bond donors (Lipinski definition) is 1. The van der Waals surface area contributed by atoms with E-state index in [4.69, 9.17) is 10.5 Å². The Labute approximate surface area is 101 Å². The highest BCUT2D eigenvalue weighted by atomic mass is 32.1. The second kappa shape index (κ2) is 6.96. The molecule has 1 aromatic heterocycles. The average molecular weight is 243 g/mol. The van der Waals surface area contributed by atoms with Gasteiger partial charge < -0.3 is 10.5 Å². The number of likely N-dealkylation sites (N-methyl/N-ethyl adjacent to an activating group) is 1. The Morgan fingerprint density at radius 3 is 2.94 bits per heavy atom. The van der Waals surface area contributed by atoms with Crippen molar-refractivity contribution in [2.24, 2.45) is 5.73 Å². The molecule has 92 valence electrons. The smallest absolute Gasteiger partial charge is 0.0897 e. The van der Waals surface area contributed by atoms with Crippen molar-refractivity contribution in [3.8, 4) is 0 Å². The van der Waals surface area contributed by atoms with Crippen molar-refractivity contribution in [3.63, 3.8) is 0 Å². The van der Waals surface area contributed by atoms with Crippen LogP contribution in [0, 0.1) is 6.92 Å². The molecule has 0 aliphatic heterocycles. The highest BCUT2D eigenvalue weighted by Crippen LogP contribution is 2.09. The van der Waals surface area contributed by atoms with Gasteiger partial charge in [0.05, 0.1) is 10.7 Å². The fourth-order valence-corrected chi connectivity index (χ4v) is 2.19. The molecule has 1 unspecified atom stereocenters. The van der Waals surface area contributed by atoms with Gasteiger partial charge >= 0.3 is 0 Å². The molecule has 1 aromatic rings. The molecule has 0 radical (unpaired) electrons. The maximum atomic E-state index is 5.98. The Morgan fingerprint density at radius 2 is 2.38 bits per heavy atom. The Balaban J connectivity index is 2.27. The molecule has 1 rings (SSSR count). The van der Waals surface area contributed by atoms with E-state index >= 15 is 0 Å². The summed E-state index contributed by atoms with van der Waals surface area (Å²) < 4.78 is 5.01. The minimum Gasteiger partial charge on any atom is -0.385 e. The summed E-state index contributed by atoms with van der Waals surface area (Å²) in [6.07, 6.45) is 0.900. The molecule has 0 saturated carbocycles. The standard InChI is InChI=1S/C11H21N3OS/c1-9-13-11(8-16-9)7-14(2)6-10(12)4-5-15-3/h8,10H,4-7,12H2,1-3H3. The Kier molecular flexibility index (Phi) is 5.90. The topological polar surface area (TPSA) is 51.4 Å². The van der Waals surface area contributed by atoms with Gasteiger partial charge in [0, 0.05) is 38.2 Å². The minimum atomic E-state index is 0.171.